The largest absolute Gasteiger partial charge is 0.483 e. The molecule has 0 aliphatic carbocycles. The maximum atomic E-state index is 12.1. The molecule has 1 saturated heterocycles. The molecule has 1 aromatic rings. The summed E-state index contributed by atoms with van der Waals surface area (Å²) in [6.07, 6.45) is 1.06. The summed E-state index contributed by atoms with van der Waals surface area (Å²) in [5, 5.41) is 3.81. The Hall–Kier alpha value is -1.26. The predicted octanol–water partition coefficient (Wildman–Crippen LogP) is 2.10. The number of nitrogens with zero attached hydrogens (tertiary/aromatic N) is 1. The highest BCUT2D eigenvalue weighted by Gasteiger charge is 2.25. The number of halogens is 1. The van der Waals surface area contributed by atoms with Gasteiger partial charge in [-0.05, 0) is 45.0 Å². The fourth-order valence-electron chi connectivity index (χ4n) is 2.49. The van der Waals surface area contributed by atoms with Crippen LogP contribution < -0.4 is 10.1 Å². The van der Waals surface area contributed by atoms with Gasteiger partial charge >= 0.3 is 0 Å². The lowest BCUT2D eigenvalue weighted by molar-refractivity contribution is -0.132. The summed E-state index contributed by atoms with van der Waals surface area (Å²) in [5.74, 6) is 1.27. The van der Waals surface area contributed by atoms with Crippen molar-refractivity contribution in [3.63, 3.8) is 0 Å². The summed E-state index contributed by atoms with van der Waals surface area (Å²) in [7, 11) is 1.94. The van der Waals surface area contributed by atoms with Crippen molar-refractivity contribution in [2.75, 3.05) is 33.3 Å². The van der Waals surface area contributed by atoms with E-state index in [0.29, 0.717) is 16.7 Å². The molecule has 1 fully saturated rings. The second-order valence-electron chi connectivity index (χ2n) is 5.20. The van der Waals surface area contributed by atoms with Crippen LogP contribution in [0.5, 0.6) is 5.75 Å². The van der Waals surface area contributed by atoms with Gasteiger partial charge in [0.05, 0.1) is 0 Å². The van der Waals surface area contributed by atoms with Crippen LogP contribution in [0, 0.1) is 12.8 Å². The quantitative estimate of drug-likeness (QED) is 0.905. The Morgan fingerprint density at radius 2 is 2.35 bits per heavy atom. The van der Waals surface area contributed by atoms with E-state index in [0.717, 1.165) is 31.6 Å². The summed E-state index contributed by atoms with van der Waals surface area (Å²) in [5.41, 5.74) is 0.872. The van der Waals surface area contributed by atoms with Crippen molar-refractivity contribution in [2.45, 2.75) is 13.3 Å². The van der Waals surface area contributed by atoms with Gasteiger partial charge in [0.2, 0.25) is 0 Å². The van der Waals surface area contributed by atoms with Crippen molar-refractivity contribution in [2.24, 2.45) is 5.92 Å². The maximum Gasteiger partial charge on any atom is 0.260 e. The van der Waals surface area contributed by atoms with Gasteiger partial charge in [0.25, 0.3) is 5.91 Å². The molecule has 0 saturated carbocycles. The molecule has 1 heterocycles. The summed E-state index contributed by atoms with van der Waals surface area (Å²) in [6, 6.07) is 5.48. The average Bonchev–Trinajstić information content (AvgIpc) is 2.89. The second kappa shape index (κ2) is 6.95. The number of hydrogen-bond acceptors (Lipinski definition) is 3. The molecule has 1 aliphatic rings. The normalized spacial score (nSPS) is 18.4. The van der Waals surface area contributed by atoms with Crippen molar-refractivity contribution < 1.29 is 9.53 Å². The summed E-state index contributed by atoms with van der Waals surface area (Å²) in [4.78, 5) is 14.0. The van der Waals surface area contributed by atoms with Gasteiger partial charge in [-0.25, -0.2) is 0 Å². The zero-order valence-electron chi connectivity index (χ0n) is 12.0. The minimum atomic E-state index is 0.0444. The van der Waals surface area contributed by atoms with E-state index in [1.165, 1.54) is 0 Å². The molecule has 0 radical (unpaired) electrons. The van der Waals surface area contributed by atoms with Gasteiger partial charge in [0, 0.05) is 23.7 Å². The molecule has 5 heteroatoms. The molecular formula is C15H21ClN2O2. The third-order valence-electron chi connectivity index (χ3n) is 3.70. The summed E-state index contributed by atoms with van der Waals surface area (Å²) < 4.78 is 5.60. The third-order valence-corrected chi connectivity index (χ3v) is 4.11. The SMILES string of the molecule is CNC[C@H]1CCN(C(=O)COc2cccc(Cl)c2C)C1. The highest BCUT2D eigenvalue weighted by molar-refractivity contribution is 6.31. The molecule has 1 atom stereocenters. The lowest BCUT2D eigenvalue weighted by Crippen LogP contribution is -2.34. The van der Waals surface area contributed by atoms with Gasteiger partial charge in [-0.3, -0.25) is 4.79 Å². The van der Waals surface area contributed by atoms with E-state index in [9.17, 15) is 4.79 Å². The van der Waals surface area contributed by atoms with Crippen molar-refractivity contribution in [3.8, 4) is 5.75 Å². The van der Waals surface area contributed by atoms with Crippen LogP contribution in [0.2, 0.25) is 5.02 Å². The smallest absolute Gasteiger partial charge is 0.260 e. The summed E-state index contributed by atoms with van der Waals surface area (Å²) in [6.45, 7) is 4.56. The molecule has 1 aromatic carbocycles. The molecule has 0 unspecified atom stereocenters. The number of amides is 1. The number of carbonyl (C=O) groups excluding carboxylic acids is 1. The van der Waals surface area contributed by atoms with Gasteiger partial charge in [0.1, 0.15) is 5.75 Å². The topological polar surface area (TPSA) is 41.6 Å². The number of benzene rings is 1. The van der Waals surface area contributed by atoms with E-state index in [-0.39, 0.29) is 12.5 Å². The first-order valence-electron chi connectivity index (χ1n) is 6.92. The lowest BCUT2D eigenvalue weighted by Gasteiger charge is -2.17. The molecule has 0 aromatic heterocycles. The van der Waals surface area contributed by atoms with E-state index in [2.05, 4.69) is 5.32 Å². The minimum Gasteiger partial charge on any atom is -0.483 e. The number of carbonyl (C=O) groups is 1. The zero-order valence-corrected chi connectivity index (χ0v) is 12.7. The molecule has 1 N–H and O–H groups in total. The number of rotatable bonds is 5. The first-order valence-corrected chi connectivity index (χ1v) is 7.30. The Labute approximate surface area is 125 Å². The molecule has 1 amide bonds. The van der Waals surface area contributed by atoms with Crippen LogP contribution >= 0.6 is 11.6 Å². The molecule has 2 rings (SSSR count). The van der Waals surface area contributed by atoms with Crippen LogP contribution in [-0.2, 0) is 4.79 Å². The lowest BCUT2D eigenvalue weighted by atomic mass is 10.1. The highest BCUT2D eigenvalue weighted by atomic mass is 35.5. The Morgan fingerprint density at radius 1 is 1.55 bits per heavy atom. The number of ether oxygens (including phenoxy) is 1. The van der Waals surface area contributed by atoms with Crippen LogP contribution in [0.25, 0.3) is 0 Å². The van der Waals surface area contributed by atoms with E-state index in [1.807, 2.05) is 37.1 Å². The number of hydrogen-bond donors (Lipinski definition) is 1. The van der Waals surface area contributed by atoms with E-state index < -0.39 is 0 Å². The van der Waals surface area contributed by atoms with E-state index in [4.69, 9.17) is 16.3 Å². The first-order chi connectivity index (χ1) is 9.61. The van der Waals surface area contributed by atoms with Crippen LogP contribution in [0.4, 0.5) is 0 Å². The van der Waals surface area contributed by atoms with Crippen LogP contribution in [0.15, 0.2) is 18.2 Å². The first kappa shape index (κ1) is 15.1. The Morgan fingerprint density at radius 3 is 3.10 bits per heavy atom. The van der Waals surface area contributed by atoms with E-state index in [1.54, 1.807) is 0 Å². The summed E-state index contributed by atoms with van der Waals surface area (Å²) >= 11 is 6.03. The minimum absolute atomic E-state index is 0.0444. The fourth-order valence-corrected chi connectivity index (χ4v) is 2.66. The van der Waals surface area contributed by atoms with Crippen molar-refractivity contribution >= 4 is 17.5 Å². The molecule has 1 aliphatic heterocycles. The standard InChI is InChI=1S/C15H21ClN2O2/c1-11-13(16)4-3-5-14(11)20-10-15(19)18-7-6-12(9-18)8-17-2/h3-5,12,17H,6-10H2,1-2H3/t12-/m1/s1. The predicted molar refractivity (Wildman–Crippen MR) is 80.3 cm³/mol. The molecule has 110 valence electrons. The fraction of sp³-hybridized carbons (Fsp3) is 0.533. The van der Waals surface area contributed by atoms with Gasteiger partial charge in [-0.15, -0.1) is 0 Å². The Kier molecular flexibility index (Phi) is 5.26. The van der Waals surface area contributed by atoms with Crippen LogP contribution in [0.1, 0.15) is 12.0 Å². The zero-order chi connectivity index (χ0) is 14.5. The second-order valence-corrected chi connectivity index (χ2v) is 5.61. The average molecular weight is 297 g/mol. The van der Waals surface area contributed by atoms with Crippen molar-refractivity contribution in [1.82, 2.24) is 10.2 Å². The van der Waals surface area contributed by atoms with Gasteiger partial charge < -0.3 is 15.0 Å². The molecule has 0 spiro atoms. The van der Waals surface area contributed by atoms with Crippen molar-refractivity contribution in [1.29, 1.82) is 0 Å². The number of likely N-dealkylation sites (tertiary alicyclic amines) is 1. The maximum absolute atomic E-state index is 12.1. The Bertz CT molecular complexity index is 479. The van der Waals surface area contributed by atoms with E-state index >= 15 is 0 Å². The highest BCUT2D eigenvalue weighted by Crippen LogP contribution is 2.25. The monoisotopic (exact) mass is 296 g/mol. The molecule has 4 nitrogen and oxygen atoms in total. The van der Waals surface area contributed by atoms with Crippen LogP contribution in [-0.4, -0.2) is 44.1 Å². The number of nitrogens with one attached hydrogen (secondary N) is 1. The Balaban J connectivity index is 1.85. The van der Waals surface area contributed by atoms with Crippen molar-refractivity contribution in [3.05, 3.63) is 28.8 Å². The molecule has 20 heavy (non-hydrogen) atoms. The molecular weight excluding hydrogens is 276 g/mol. The van der Waals surface area contributed by atoms with Gasteiger partial charge in [0.15, 0.2) is 6.61 Å². The molecule has 0 bridgehead atoms. The van der Waals surface area contributed by atoms with Crippen LogP contribution in [0.3, 0.4) is 0 Å². The van der Waals surface area contributed by atoms with Gasteiger partial charge in [-0.1, -0.05) is 17.7 Å². The third kappa shape index (κ3) is 3.64. The van der Waals surface area contributed by atoms with Gasteiger partial charge in [-0.2, -0.15) is 0 Å².